The molecule has 2 aromatic heterocycles. The van der Waals surface area contributed by atoms with Gasteiger partial charge in [-0.15, -0.1) is 0 Å². The number of nitrogens with zero attached hydrogens (tertiary/aromatic N) is 1. The van der Waals surface area contributed by atoms with Gasteiger partial charge in [-0.05, 0) is 31.5 Å². The van der Waals surface area contributed by atoms with E-state index in [1.54, 1.807) is 12.1 Å². The number of pyridine rings is 2. The van der Waals surface area contributed by atoms with Crippen LogP contribution in [0.15, 0.2) is 29.2 Å². The molecule has 0 atom stereocenters. The number of H-pyrrole nitrogens is 1. The summed E-state index contributed by atoms with van der Waals surface area (Å²) in [5.41, 5.74) is 2.45. The first-order chi connectivity index (χ1) is 10.0. The van der Waals surface area contributed by atoms with E-state index in [-0.39, 0.29) is 18.0 Å². The summed E-state index contributed by atoms with van der Waals surface area (Å²) in [4.78, 5) is 30.6. The molecule has 2 heterocycles. The molecule has 0 aliphatic heterocycles. The first-order valence-corrected chi connectivity index (χ1v) is 6.49. The van der Waals surface area contributed by atoms with Gasteiger partial charge in [-0.2, -0.15) is 0 Å². The number of hydrogen-bond donors (Lipinski definition) is 2. The van der Waals surface area contributed by atoms with Gasteiger partial charge in [0.1, 0.15) is 0 Å². The van der Waals surface area contributed by atoms with E-state index in [1.165, 1.54) is 13.3 Å². The lowest BCUT2D eigenvalue weighted by molar-refractivity contribution is 0.0950. The average molecular weight is 287 g/mol. The molecule has 0 saturated heterocycles. The third kappa shape index (κ3) is 3.47. The summed E-state index contributed by atoms with van der Waals surface area (Å²) in [7, 11) is 1.49. The van der Waals surface area contributed by atoms with Gasteiger partial charge in [-0.3, -0.25) is 9.59 Å². The molecule has 0 bridgehead atoms. The highest BCUT2D eigenvalue weighted by atomic mass is 16.5. The maximum Gasteiger partial charge on any atom is 0.253 e. The van der Waals surface area contributed by atoms with Crippen LogP contribution in [0.25, 0.3) is 0 Å². The number of methoxy groups -OCH3 is 1. The summed E-state index contributed by atoms with van der Waals surface area (Å²) in [5, 5.41) is 2.73. The molecule has 0 aliphatic rings. The zero-order valence-electron chi connectivity index (χ0n) is 12.2. The summed E-state index contributed by atoms with van der Waals surface area (Å²) >= 11 is 0. The number of aryl methyl sites for hydroxylation is 2. The van der Waals surface area contributed by atoms with Crippen molar-refractivity contribution in [3.8, 4) is 5.88 Å². The lowest BCUT2D eigenvalue weighted by Crippen LogP contribution is -2.27. The van der Waals surface area contributed by atoms with Gasteiger partial charge < -0.3 is 15.0 Å². The minimum Gasteiger partial charge on any atom is -0.481 e. The molecule has 0 aliphatic carbocycles. The molecular formula is C15H17N3O3. The van der Waals surface area contributed by atoms with Gasteiger partial charge in [-0.25, -0.2) is 4.98 Å². The summed E-state index contributed by atoms with van der Waals surface area (Å²) < 4.78 is 4.97. The van der Waals surface area contributed by atoms with Gasteiger partial charge in [0.15, 0.2) is 0 Å². The van der Waals surface area contributed by atoms with Gasteiger partial charge in [0, 0.05) is 35.6 Å². The van der Waals surface area contributed by atoms with Crippen LogP contribution in [0.2, 0.25) is 0 Å². The Morgan fingerprint density at radius 2 is 2.14 bits per heavy atom. The molecule has 1 amide bonds. The Balaban J connectivity index is 2.13. The van der Waals surface area contributed by atoms with E-state index in [0.29, 0.717) is 17.0 Å². The van der Waals surface area contributed by atoms with E-state index in [2.05, 4.69) is 15.3 Å². The van der Waals surface area contributed by atoms with Crippen LogP contribution in [0.5, 0.6) is 5.88 Å². The van der Waals surface area contributed by atoms with Crippen molar-refractivity contribution in [1.82, 2.24) is 15.3 Å². The second-order valence-electron chi connectivity index (χ2n) is 4.71. The second-order valence-corrected chi connectivity index (χ2v) is 4.71. The lowest BCUT2D eigenvalue weighted by atomic mass is 10.1. The van der Waals surface area contributed by atoms with Crippen LogP contribution in [-0.4, -0.2) is 23.0 Å². The summed E-state index contributed by atoms with van der Waals surface area (Å²) in [5.74, 6) is 0.0853. The molecule has 0 aromatic carbocycles. The summed E-state index contributed by atoms with van der Waals surface area (Å²) in [6.07, 6.45) is 1.50. The number of rotatable bonds is 4. The standard InChI is InChI=1S/C15H17N3O3/c1-9-6-10(2)18-15(20)12(9)8-17-14(19)11-4-5-16-13(7-11)21-3/h4-7H,8H2,1-3H3,(H,17,19)(H,18,20). The first kappa shape index (κ1) is 14.8. The molecule has 110 valence electrons. The van der Waals surface area contributed by atoms with E-state index >= 15 is 0 Å². The quantitative estimate of drug-likeness (QED) is 0.888. The highest BCUT2D eigenvalue weighted by molar-refractivity contribution is 5.94. The minimum absolute atomic E-state index is 0.172. The summed E-state index contributed by atoms with van der Waals surface area (Å²) in [6, 6.07) is 5.00. The summed E-state index contributed by atoms with van der Waals surface area (Å²) in [6.45, 7) is 3.84. The Morgan fingerprint density at radius 1 is 1.38 bits per heavy atom. The number of amides is 1. The normalized spacial score (nSPS) is 10.2. The smallest absolute Gasteiger partial charge is 0.253 e. The third-order valence-corrected chi connectivity index (χ3v) is 3.13. The van der Waals surface area contributed by atoms with Gasteiger partial charge >= 0.3 is 0 Å². The van der Waals surface area contributed by atoms with E-state index in [9.17, 15) is 9.59 Å². The second kappa shape index (κ2) is 6.21. The van der Waals surface area contributed by atoms with Crippen molar-refractivity contribution in [2.24, 2.45) is 0 Å². The largest absolute Gasteiger partial charge is 0.481 e. The monoisotopic (exact) mass is 287 g/mol. The van der Waals surface area contributed by atoms with Crippen LogP contribution in [0.3, 0.4) is 0 Å². The SMILES string of the molecule is COc1cc(C(=O)NCc2c(C)cc(C)[nH]c2=O)ccn1. The molecule has 6 nitrogen and oxygen atoms in total. The average Bonchev–Trinajstić information content (AvgIpc) is 2.46. The fraction of sp³-hybridized carbons (Fsp3) is 0.267. The highest BCUT2D eigenvalue weighted by Crippen LogP contribution is 2.09. The van der Waals surface area contributed by atoms with Crippen LogP contribution in [0.4, 0.5) is 0 Å². The molecule has 0 unspecified atom stereocenters. The van der Waals surface area contributed by atoms with Crippen LogP contribution < -0.4 is 15.6 Å². The fourth-order valence-corrected chi connectivity index (χ4v) is 2.03. The van der Waals surface area contributed by atoms with E-state index < -0.39 is 0 Å². The van der Waals surface area contributed by atoms with Gasteiger partial charge in [0.05, 0.1) is 7.11 Å². The van der Waals surface area contributed by atoms with E-state index in [0.717, 1.165) is 11.3 Å². The maximum absolute atomic E-state index is 12.1. The van der Waals surface area contributed by atoms with Crippen LogP contribution >= 0.6 is 0 Å². The number of carbonyl (C=O) groups excluding carboxylic acids is 1. The number of aromatic amines is 1. The van der Waals surface area contributed by atoms with Crippen LogP contribution in [0, 0.1) is 13.8 Å². The van der Waals surface area contributed by atoms with Crippen LogP contribution in [-0.2, 0) is 6.54 Å². The number of hydrogen-bond acceptors (Lipinski definition) is 4. The van der Waals surface area contributed by atoms with Crippen molar-refractivity contribution in [3.05, 3.63) is 57.1 Å². The van der Waals surface area contributed by atoms with Crippen molar-refractivity contribution in [3.63, 3.8) is 0 Å². The van der Waals surface area contributed by atoms with Crippen molar-refractivity contribution in [1.29, 1.82) is 0 Å². The fourth-order valence-electron chi connectivity index (χ4n) is 2.03. The minimum atomic E-state index is -0.282. The van der Waals surface area contributed by atoms with Gasteiger partial charge in [0.25, 0.3) is 11.5 Å². The number of aromatic nitrogens is 2. The zero-order chi connectivity index (χ0) is 15.4. The van der Waals surface area contributed by atoms with Gasteiger partial charge in [-0.1, -0.05) is 0 Å². The van der Waals surface area contributed by atoms with Crippen molar-refractivity contribution >= 4 is 5.91 Å². The Kier molecular flexibility index (Phi) is 4.37. The predicted molar refractivity (Wildman–Crippen MR) is 78.5 cm³/mol. The number of nitrogens with one attached hydrogen (secondary N) is 2. The molecule has 0 saturated carbocycles. The molecule has 2 aromatic rings. The van der Waals surface area contributed by atoms with Crippen molar-refractivity contribution in [2.75, 3.05) is 7.11 Å². The number of ether oxygens (including phenoxy) is 1. The van der Waals surface area contributed by atoms with E-state index in [4.69, 9.17) is 4.74 Å². The molecule has 0 radical (unpaired) electrons. The Bertz CT molecular complexity index is 722. The third-order valence-electron chi connectivity index (χ3n) is 3.13. The topological polar surface area (TPSA) is 84.1 Å². The lowest BCUT2D eigenvalue weighted by Gasteiger charge is -2.08. The van der Waals surface area contributed by atoms with Gasteiger partial charge in [0.2, 0.25) is 5.88 Å². The molecule has 2 rings (SSSR count). The molecule has 0 fully saturated rings. The Labute approximate surface area is 122 Å². The zero-order valence-corrected chi connectivity index (χ0v) is 12.2. The Morgan fingerprint density at radius 3 is 2.81 bits per heavy atom. The van der Waals surface area contributed by atoms with E-state index in [1.807, 2.05) is 19.9 Å². The Hall–Kier alpha value is -2.63. The highest BCUT2D eigenvalue weighted by Gasteiger charge is 2.10. The predicted octanol–water partition coefficient (Wildman–Crippen LogP) is 1.33. The number of carbonyl (C=O) groups is 1. The molecule has 6 heteroatoms. The van der Waals surface area contributed by atoms with Crippen LogP contribution in [0.1, 0.15) is 27.2 Å². The first-order valence-electron chi connectivity index (χ1n) is 6.49. The molecular weight excluding hydrogens is 270 g/mol. The van der Waals surface area contributed by atoms with Crippen molar-refractivity contribution in [2.45, 2.75) is 20.4 Å². The van der Waals surface area contributed by atoms with Crippen molar-refractivity contribution < 1.29 is 9.53 Å². The molecule has 2 N–H and O–H groups in total. The maximum atomic E-state index is 12.1. The molecule has 21 heavy (non-hydrogen) atoms. The molecule has 0 spiro atoms.